The van der Waals surface area contributed by atoms with Crippen LogP contribution in [0.2, 0.25) is 0 Å². The van der Waals surface area contributed by atoms with E-state index in [9.17, 15) is 4.79 Å². The highest BCUT2D eigenvalue weighted by Gasteiger charge is 2.23. The van der Waals surface area contributed by atoms with Crippen LogP contribution in [0.25, 0.3) is 5.69 Å². The first-order valence-corrected chi connectivity index (χ1v) is 6.77. The summed E-state index contributed by atoms with van der Waals surface area (Å²) >= 11 is 0. The molecule has 1 aromatic carbocycles. The molecule has 1 heterocycles. The SMILES string of the molecule is CCNc1nn(-c2cc(C)ccc2C)c(N)c1C(=O)OC. The van der Waals surface area contributed by atoms with Crippen LogP contribution < -0.4 is 11.1 Å². The van der Waals surface area contributed by atoms with Gasteiger partial charge in [-0.2, -0.15) is 0 Å². The summed E-state index contributed by atoms with van der Waals surface area (Å²) in [6.07, 6.45) is 0. The monoisotopic (exact) mass is 288 g/mol. The second-order valence-corrected chi connectivity index (χ2v) is 4.83. The number of rotatable bonds is 4. The summed E-state index contributed by atoms with van der Waals surface area (Å²) in [5.41, 5.74) is 9.35. The van der Waals surface area contributed by atoms with Crippen LogP contribution in [-0.2, 0) is 4.74 Å². The van der Waals surface area contributed by atoms with E-state index in [4.69, 9.17) is 10.5 Å². The van der Waals surface area contributed by atoms with Crippen LogP contribution in [0.5, 0.6) is 0 Å². The van der Waals surface area contributed by atoms with E-state index in [1.54, 1.807) is 4.68 Å². The third kappa shape index (κ3) is 2.69. The lowest BCUT2D eigenvalue weighted by Crippen LogP contribution is -2.09. The Bertz CT molecular complexity index is 677. The van der Waals surface area contributed by atoms with Crippen LogP contribution in [0.1, 0.15) is 28.4 Å². The highest BCUT2D eigenvalue weighted by molar-refractivity contribution is 6.00. The number of nitrogens with two attached hydrogens (primary N) is 1. The summed E-state index contributed by atoms with van der Waals surface area (Å²) < 4.78 is 6.37. The van der Waals surface area contributed by atoms with Crippen molar-refractivity contribution in [1.82, 2.24) is 9.78 Å². The zero-order chi connectivity index (χ0) is 15.6. The average Bonchev–Trinajstić information content (AvgIpc) is 2.78. The Labute approximate surface area is 123 Å². The molecule has 0 bridgehead atoms. The number of aryl methyl sites for hydroxylation is 2. The van der Waals surface area contributed by atoms with Crippen molar-refractivity contribution in [2.75, 3.05) is 24.7 Å². The van der Waals surface area contributed by atoms with Gasteiger partial charge in [0.25, 0.3) is 0 Å². The molecule has 112 valence electrons. The Hall–Kier alpha value is -2.50. The predicted octanol–water partition coefficient (Wildman–Crippen LogP) is 2.29. The molecule has 0 saturated heterocycles. The van der Waals surface area contributed by atoms with Gasteiger partial charge in [0, 0.05) is 6.54 Å². The van der Waals surface area contributed by atoms with Gasteiger partial charge in [0.05, 0.1) is 12.8 Å². The molecular weight excluding hydrogens is 268 g/mol. The van der Waals surface area contributed by atoms with Gasteiger partial charge in [-0.15, -0.1) is 5.10 Å². The van der Waals surface area contributed by atoms with E-state index in [0.717, 1.165) is 16.8 Å². The summed E-state index contributed by atoms with van der Waals surface area (Å²) in [4.78, 5) is 11.9. The number of hydrogen-bond donors (Lipinski definition) is 2. The molecular formula is C15H20N4O2. The number of methoxy groups -OCH3 is 1. The molecule has 0 spiro atoms. The fraction of sp³-hybridized carbons (Fsp3) is 0.333. The molecule has 2 aromatic rings. The molecule has 1 aromatic heterocycles. The summed E-state index contributed by atoms with van der Waals surface area (Å²) in [7, 11) is 1.33. The van der Waals surface area contributed by atoms with Gasteiger partial charge >= 0.3 is 5.97 Å². The van der Waals surface area contributed by atoms with Gasteiger partial charge in [-0.1, -0.05) is 12.1 Å². The molecule has 3 N–H and O–H groups in total. The Morgan fingerprint density at radius 1 is 1.43 bits per heavy atom. The van der Waals surface area contributed by atoms with E-state index in [-0.39, 0.29) is 11.4 Å². The van der Waals surface area contributed by atoms with E-state index in [0.29, 0.717) is 12.4 Å². The Kier molecular flexibility index (Phi) is 4.16. The molecule has 0 unspecified atom stereocenters. The summed E-state index contributed by atoms with van der Waals surface area (Å²) in [5.74, 6) is 0.203. The maximum Gasteiger partial charge on any atom is 0.345 e. The first kappa shape index (κ1) is 14.9. The molecule has 0 fully saturated rings. The van der Waals surface area contributed by atoms with Crippen molar-refractivity contribution >= 4 is 17.6 Å². The molecule has 0 radical (unpaired) electrons. The average molecular weight is 288 g/mol. The first-order chi connectivity index (χ1) is 9.99. The first-order valence-electron chi connectivity index (χ1n) is 6.77. The van der Waals surface area contributed by atoms with Gasteiger partial charge in [0.15, 0.2) is 5.82 Å². The second kappa shape index (κ2) is 5.87. The zero-order valence-corrected chi connectivity index (χ0v) is 12.7. The maximum absolute atomic E-state index is 11.9. The predicted molar refractivity (Wildman–Crippen MR) is 83.0 cm³/mol. The summed E-state index contributed by atoms with van der Waals surface area (Å²) in [6, 6.07) is 6.00. The number of carbonyl (C=O) groups is 1. The molecule has 0 amide bonds. The third-order valence-electron chi connectivity index (χ3n) is 3.25. The van der Waals surface area contributed by atoms with Gasteiger partial charge in [0.2, 0.25) is 0 Å². The van der Waals surface area contributed by atoms with Crippen LogP contribution in [0.15, 0.2) is 18.2 Å². The van der Waals surface area contributed by atoms with Crippen LogP contribution in [0, 0.1) is 13.8 Å². The van der Waals surface area contributed by atoms with Crippen LogP contribution in [0.3, 0.4) is 0 Å². The number of esters is 1. The molecule has 0 aliphatic carbocycles. The second-order valence-electron chi connectivity index (χ2n) is 4.83. The number of nitrogens with one attached hydrogen (secondary N) is 1. The van der Waals surface area contributed by atoms with Gasteiger partial charge in [-0.05, 0) is 38.0 Å². The lowest BCUT2D eigenvalue weighted by Gasteiger charge is -2.09. The molecule has 6 heteroatoms. The highest BCUT2D eigenvalue weighted by atomic mass is 16.5. The van der Waals surface area contributed by atoms with E-state index in [1.165, 1.54) is 7.11 Å². The fourth-order valence-electron chi connectivity index (χ4n) is 2.16. The number of benzene rings is 1. The maximum atomic E-state index is 11.9. The number of anilines is 2. The molecule has 2 rings (SSSR count). The van der Waals surface area contributed by atoms with Crippen LogP contribution in [0.4, 0.5) is 11.6 Å². The zero-order valence-electron chi connectivity index (χ0n) is 12.7. The van der Waals surface area contributed by atoms with Gasteiger partial charge in [-0.25, -0.2) is 9.48 Å². The standard InChI is InChI=1S/C15H20N4O2/c1-5-17-14-12(15(20)21-4)13(16)19(18-14)11-8-9(2)6-7-10(11)3/h6-8H,5,16H2,1-4H3,(H,17,18). The van der Waals surface area contributed by atoms with Crippen molar-refractivity contribution in [1.29, 1.82) is 0 Å². The Morgan fingerprint density at radius 3 is 2.76 bits per heavy atom. The number of nitrogen functional groups attached to an aromatic ring is 1. The molecule has 21 heavy (non-hydrogen) atoms. The topological polar surface area (TPSA) is 82.2 Å². The quantitative estimate of drug-likeness (QED) is 0.843. The molecule has 0 aliphatic heterocycles. The smallest absolute Gasteiger partial charge is 0.345 e. The highest BCUT2D eigenvalue weighted by Crippen LogP contribution is 2.27. The lowest BCUT2D eigenvalue weighted by atomic mass is 10.1. The van der Waals surface area contributed by atoms with Gasteiger partial charge in [0.1, 0.15) is 11.4 Å². The van der Waals surface area contributed by atoms with Crippen LogP contribution >= 0.6 is 0 Å². The molecule has 0 saturated carbocycles. The van der Waals surface area contributed by atoms with Crippen molar-refractivity contribution in [3.05, 3.63) is 34.9 Å². The normalized spacial score (nSPS) is 10.5. The van der Waals surface area contributed by atoms with E-state index < -0.39 is 5.97 Å². The minimum Gasteiger partial charge on any atom is -0.465 e. The van der Waals surface area contributed by atoms with Gasteiger partial charge < -0.3 is 15.8 Å². The van der Waals surface area contributed by atoms with Crippen molar-refractivity contribution in [3.8, 4) is 5.69 Å². The van der Waals surface area contributed by atoms with E-state index >= 15 is 0 Å². The lowest BCUT2D eigenvalue weighted by molar-refractivity contribution is 0.0603. The number of nitrogens with zero attached hydrogens (tertiary/aromatic N) is 2. The minimum absolute atomic E-state index is 0.264. The summed E-state index contributed by atoms with van der Waals surface area (Å²) in [5, 5.41) is 7.46. The van der Waals surface area contributed by atoms with Crippen molar-refractivity contribution < 1.29 is 9.53 Å². The number of hydrogen-bond acceptors (Lipinski definition) is 5. The number of ether oxygens (including phenoxy) is 1. The largest absolute Gasteiger partial charge is 0.465 e. The molecule has 6 nitrogen and oxygen atoms in total. The Balaban J connectivity index is 2.65. The van der Waals surface area contributed by atoms with Gasteiger partial charge in [-0.3, -0.25) is 0 Å². The van der Waals surface area contributed by atoms with Crippen molar-refractivity contribution in [3.63, 3.8) is 0 Å². The van der Waals surface area contributed by atoms with Crippen LogP contribution in [-0.4, -0.2) is 29.4 Å². The number of carbonyl (C=O) groups excluding carboxylic acids is 1. The van der Waals surface area contributed by atoms with E-state index in [1.807, 2.05) is 39.0 Å². The molecule has 0 aliphatic rings. The van der Waals surface area contributed by atoms with E-state index in [2.05, 4.69) is 10.4 Å². The number of aromatic nitrogens is 2. The fourth-order valence-corrected chi connectivity index (χ4v) is 2.16. The minimum atomic E-state index is -0.500. The Morgan fingerprint density at radius 2 is 2.14 bits per heavy atom. The third-order valence-corrected chi connectivity index (χ3v) is 3.25. The summed E-state index contributed by atoms with van der Waals surface area (Å²) in [6.45, 7) is 6.52. The molecule has 0 atom stereocenters. The van der Waals surface area contributed by atoms with Crippen molar-refractivity contribution in [2.24, 2.45) is 0 Å². The van der Waals surface area contributed by atoms with Crippen molar-refractivity contribution in [2.45, 2.75) is 20.8 Å².